The molecule has 0 unspecified atom stereocenters. The van der Waals surface area contributed by atoms with Gasteiger partial charge in [0.2, 0.25) is 0 Å². The van der Waals surface area contributed by atoms with Crippen LogP contribution in [0.3, 0.4) is 0 Å². The van der Waals surface area contributed by atoms with Crippen molar-refractivity contribution in [2.75, 3.05) is 21.2 Å². The highest BCUT2D eigenvalue weighted by molar-refractivity contribution is 4.11. The summed E-state index contributed by atoms with van der Waals surface area (Å²) in [6.07, 6.45) is 0. The first-order chi connectivity index (χ1) is 3.27. The Morgan fingerprint density at radius 1 is 1.43 bits per heavy atom. The fraction of sp³-hybridized carbons (Fsp3) is 1.00. The van der Waals surface area contributed by atoms with Crippen LogP contribution in [-0.2, 0) is 4.84 Å². The molecule has 0 aromatic rings. The van der Waals surface area contributed by atoms with Gasteiger partial charge in [0.25, 0.3) is 0 Å². The van der Waals surface area contributed by atoms with E-state index < -0.39 is 0 Å². The largest absolute Gasteiger partial charge is 0.289 e. The molecule has 0 amide bonds. The van der Waals surface area contributed by atoms with Crippen LogP contribution in [-0.4, -0.2) is 26.2 Å². The normalized spacial score (nSPS) is 10.3. The van der Waals surface area contributed by atoms with E-state index in [-0.39, 0.29) is 0 Å². The van der Waals surface area contributed by atoms with Crippen molar-refractivity contribution < 1.29 is 4.84 Å². The second kappa shape index (κ2) is 4.01. The Balaban J connectivity index is 2.68. The van der Waals surface area contributed by atoms with Crippen molar-refractivity contribution in [2.24, 2.45) is 0 Å². The minimum Gasteiger partial charge on any atom is -0.289 e. The van der Waals surface area contributed by atoms with Crippen molar-refractivity contribution in [3.63, 3.8) is 0 Å². The fourth-order valence-electron chi connectivity index (χ4n) is 0.137. The van der Waals surface area contributed by atoms with E-state index in [2.05, 4.69) is 16.0 Å². The molecule has 0 fully saturated rings. The lowest BCUT2D eigenvalue weighted by Gasteiger charge is -2.09. The Morgan fingerprint density at radius 2 is 2.00 bits per heavy atom. The number of hydrogen-bond acceptors (Lipinski definition) is 4. The number of nitrogens with zero attached hydrogens (tertiary/aromatic N) is 1. The zero-order valence-corrected chi connectivity index (χ0v) is 4.86. The van der Waals surface area contributed by atoms with Gasteiger partial charge in [-0.2, -0.15) is 5.53 Å². The number of hydrogen-bond donors (Lipinski definition) is 2. The molecular formula is C3H11N3O. The number of nitrogens with one attached hydrogen (secondary N) is 2. The van der Waals surface area contributed by atoms with E-state index in [0.29, 0.717) is 0 Å². The highest BCUT2D eigenvalue weighted by atomic mass is 16.7. The van der Waals surface area contributed by atoms with Crippen LogP contribution in [0.1, 0.15) is 0 Å². The van der Waals surface area contributed by atoms with Crippen LogP contribution in [0, 0.1) is 0 Å². The Kier molecular flexibility index (Phi) is 3.92. The highest BCUT2D eigenvalue weighted by Crippen LogP contribution is 1.53. The molecule has 4 heteroatoms. The second-order valence-corrected chi connectivity index (χ2v) is 1.31. The van der Waals surface area contributed by atoms with Gasteiger partial charge in [-0.1, -0.05) is 0 Å². The number of hydrazine groups is 2. The second-order valence-electron chi connectivity index (χ2n) is 1.31. The first-order valence-electron chi connectivity index (χ1n) is 1.98. The minimum atomic E-state index is 1.54. The molecule has 2 N–H and O–H groups in total. The number of rotatable bonds is 3. The molecule has 0 spiro atoms. The zero-order chi connectivity index (χ0) is 5.70. The van der Waals surface area contributed by atoms with Crippen molar-refractivity contribution >= 4 is 0 Å². The van der Waals surface area contributed by atoms with E-state index in [1.165, 1.54) is 7.11 Å². The molecule has 0 aliphatic rings. The third-order valence-electron chi connectivity index (χ3n) is 0.371. The van der Waals surface area contributed by atoms with Gasteiger partial charge < -0.3 is 0 Å². The van der Waals surface area contributed by atoms with E-state index >= 15 is 0 Å². The molecule has 0 aliphatic carbocycles. The van der Waals surface area contributed by atoms with Crippen molar-refractivity contribution in [2.45, 2.75) is 0 Å². The van der Waals surface area contributed by atoms with Crippen LogP contribution in [0.2, 0.25) is 0 Å². The molecule has 0 heterocycles. The third kappa shape index (κ3) is 5.84. The molecule has 0 bridgehead atoms. The van der Waals surface area contributed by atoms with E-state index in [4.69, 9.17) is 0 Å². The van der Waals surface area contributed by atoms with Crippen LogP contribution in [0.25, 0.3) is 0 Å². The van der Waals surface area contributed by atoms with Crippen LogP contribution in [0.5, 0.6) is 0 Å². The van der Waals surface area contributed by atoms with Crippen LogP contribution in [0.4, 0.5) is 0 Å². The summed E-state index contributed by atoms with van der Waals surface area (Å²) >= 11 is 0. The van der Waals surface area contributed by atoms with E-state index in [1.54, 1.807) is 5.01 Å². The molecule has 0 saturated heterocycles. The van der Waals surface area contributed by atoms with Gasteiger partial charge >= 0.3 is 0 Å². The summed E-state index contributed by atoms with van der Waals surface area (Å²) in [6.45, 7) is 0. The summed E-state index contributed by atoms with van der Waals surface area (Å²) in [6, 6.07) is 0. The van der Waals surface area contributed by atoms with Crippen molar-refractivity contribution in [3.8, 4) is 0 Å². The monoisotopic (exact) mass is 105 g/mol. The predicted octanol–water partition coefficient (Wildman–Crippen LogP) is -0.881. The Bertz CT molecular complexity index is 39.2. The van der Waals surface area contributed by atoms with Crippen LogP contribution in [0.15, 0.2) is 0 Å². The Labute approximate surface area is 43.3 Å². The van der Waals surface area contributed by atoms with Crippen molar-refractivity contribution in [3.05, 3.63) is 0 Å². The summed E-state index contributed by atoms with van der Waals surface area (Å²) in [7, 11) is 5.24. The first-order valence-corrected chi connectivity index (χ1v) is 1.98. The lowest BCUT2D eigenvalue weighted by molar-refractivity contribution is 0.00136. The maximum Gasteiger partial charge on any atom is 0.0589 e. The van der Waals surface area contributed by atoms with Crippen molar-refractivity contribution in [1.82, 2.24) is 16.1 Å². The first kappa shape index (κ1) is 6.84. The maximum absolute atomic E-state index is 4.45. The van der Waals surface area contributed by atoms with Gasteiger partial charge in [0.05, 0.1) is 7.11 Å². The van der Waals surface area contributed by atoms with Gasteiger partial charge in [0.1, 0.15) is 0 Å². The molecule has 0 atom stereocenters. The molecule has 44 valence electrons. The van der Waals surface area contributed by atoms with Gasteiger partial charge in [0, 0.05) is 14.1 Å². The lowest BCUT2D eigenvalue weighted by Crippen LogP contribution is -2.41. The van der Waals surface area contributed by atoms with Gasteiger partial charge in [-0.25, -0.2) is 5.01 Å². The molecule has 7 heavy (non-hydrogen) atoms. The topological polar surface area (TPSA) is 36.5 Å². The zero-order valence-electron chi connectivity index (χ0n) is 4.86. The average Bonchev–Trinajstić information content (AvgIpc) is 1.61. The smallest absolute Gasteiger partial charge is 0.0589 e. The van der Waals surface area contributed by atoms with E-state index in [0.717, 1.165) is 0 Å². The summed E-state index contributed by atoms with van der Waals surface area (Å²) < 4.78 is 0. The van der Waals surface area contributed by atoms with Crippen LogP contribution >= 0.6 is 0 Å². The van der Waals surface area contributed by atoms with E-state index in [9.17, 15) is 0 Å². The molecule has 0 aromatic carbocycles. The lowest BCUT2D eigenvalue weighted by atomic mass is 11.2. The Hall–Kier alpha value is -0.160. The average molecular weight is 105 g/mol. The molecule has 0 aliphatic heterocycles. The van der Waals surface area contributed by atoms with Gasteiger partial charge in [-0.15, -0.1) is 5.59 Å². The highest BCUT2D eigenvalue weighted by Gasteiger charge is 1.78. The maximum atomic E-state index is 4.45. The van der Waals surface area contributed by atoms with E-state index in [1.807, 2.05) is 14.1 Å². The molecule has 0 rings (SSSR count). The summed E-state index contributed by atoms with van der Waals surface area (Å²) in [5.74, 6) is 0. The van der Waals surface area contributed by atoms with Crippen LogP contribution < -0.4 is 11.1 Å². The summed E-state index contributed by atoms with van der Waals surface area (Å²) in [4.78, 5) is 4.45. The fourth-order valence-corrected chi connectivity index (χ4v) is 0.137. The van der Waals surface area contributed by atoms with Gasteiger partial charge in [0.15, 0.2) is 0 Å². The van der Waals surface area contributed by atoms with Gasteiger partial charge in [-0.3, -0.25) is 4.84 Å². The SMILES string of the molecule is CONNN(C)C. The van der Waals surface area contributed by atoms with Crippen molar-refractivity contribution in [1.29, 1.82) is 0 Å². The molecule has 4 nitrogen and oxygen atoms in total. The summed E-state index contributed by atoms with van der Waals surface area (Å²) in [5, 5.41) is 1.73. The third-order valence-corrected chi connectivity index (χ3v) is 0.371. The molecular weight excluding hydrogens is 94.1 g/mol. The molecule has 0 aromatic heterocycles. The summed E-state index contributed by atoms with van der Waals surface area (Å²) in [5.41, 5.74) is 5.08. The standard InChI is InChI=1S/C3H11N3O/c1-6(2)4-5-7-3/h4-5H,1-3H3. The molecule has 0 radical (unpaired) electrons. The minimum absolute atomic E-state index is 1.54. The van der Waals surface area contributed by atoms with Gasteiger partial charge in [-0.05, 0) is 0 Å². The molecule has 0 saturated carbocycles. The quantitative estimate of drug-likeness (QED) is 0.457. The predicted molar refractivity (Wildman–Crippen MR) is 27.0 cm³/mol. The Morgan fingerprint density at radius 3 is 2.14 bits per heavy atom.